The predicted octanol–water partition coefficient (Wildman–Crippen LogP) is 4.05. The summed E-state index contributed by atoms with van der Waals surface area (Å²) in [4.78, 5) is 4.20. The van der Waals surface area contributed by atoms with Crippen LogP contribution in [0.4, 0.5) is 0 Å². The van der Waals surface area contributed by atoms with Gasteiger partial charge in [0.05, 0.1) is 12.7 Å². The zero-order valence-corrected chi connectivity index (χ0v) is 13.2. The Morgan fingerprint density at radius 1 is 1.22 bits per heavy atom. The lowest BCUT2D eigenvalue weighted by molar-refractivity contribution is 0.439. The summed E-state index contributed by atoms with van der Waals surface area (Å²) < 4.78 is 7.65. The van der Waals surface area contributed by atoms with Crippen LogP contribution in [0.25, 0.3) is 0 Å². The number of hydrogen-bond acceptors (Lipinski definition) is 3. The van der Waals surface area contributed by atoms with Gasteiger partial charge in [-0.1, -0.05) is 13.0 Å². The van der Waals surface area contributed by atoms with Crippen LogP contribution in [0.3, 0.4) is 0 Å². The van der Waals surface area contributed by atoms with Gasteiger partial charge in [0.25, 0.3) is 0 Å². The van der Waals surface area contributed by atoms with E-state index in [0.717, 1.165) is 33.6 Å². The highest BCUT2D eigenvalue weighted by Gasteiger charge is 2.02. The van der Waals surface area contributed by atoms with Gasteiger partial charge < -0.3 is 9.73 Å². The summed E-state index contributed by atoms with van der Waals surface area (Å²) in [6.45, 7) is 3.49. The molecule has 0 aliphatic heterocycles. The Bertz CT molecular complexity index is 525. The van der Waals surface area contributed by atoms with Crippen LogP contribution in [0.15, 0.2) is 37.8 Å². The molecule has 96 valence electrons. The quantitative estimate of drug-likeness (QED) is 0.858. The van der Waals surface area contributed by atoms with Crippen LogP contribution in [0.1, 0.15) is 24.1 Å². The van der Waals surface area contributed by atoms with Crippen LogP contribution < -0.4 is 5.32 Å². The zero-order valence-electron chi connectivity index (χ0n) is 10.0. The third kappa shape index (κ3) is 3.67. The van der Waals surface area contributed by atoms with Crippen molar-refractivity contribution in [1.82, 2.24) is 10.3 Å². The van der Waals surface area contributed by atoms with Crippen molar-refractivity contribution in [3.63, 3.8) is 0 Å². The van der Waals surface area contributed by atoms with Crippen LogP contribution in [0.5, 0.6) is 0 Å². The molecule has 0 atom stereocenters. The normalized spacial score (nSPS) is 10.8. The van der Waals surface area contributed by atoms with Crippen molar-refractivity contribution in [3.8, 4) is 0 Å². The highest BCUT2D eigenvalue weighted by atomic mass is 79.9. The maximum atomic E-state index is 5.52. The first-order chi connectivity index (χ1) is 8.69. The number of nitrogens with zero attached hydrogens (tertiary/aromatic N) is 1. The summed E-state index contributed by atoms with van der Waals surface area (Å²) in [7, 11) is 0. The van der Waals surface area contributed by atoms with Crippen molar-refractivity contribution in [2.45, 2.75) is 26.4 Å². The lowest BCUT2D eigenvalue weighted by atomic mass is 10.2. The number of hydrogen-bond donors (Lipinski definition) is 1. The molecule has 0 bridgehead atoms. The van der Waals surface area contributed by atoms with Gasteiger partial charge in [-0.25, -0.2) is 4.98 Å². The Balaban J connectivity index is 1.86. The fraction of sp³-hybridized carbons (Fsp3) is 0.308. The second kappa shape index (κ2) is 6.50. The van der Waals surface area contributed by atoms with Crippen molar-refractivity contribution < 1.29 is 4.42 Å². The average molecular weight is 374 g/mol. The van der Waals surface area contributed by atoms with E-state index in [0.29, 0.717) is 6.54 Å². The predicted molar refractivity (Wildman–Crippen MR) is 78.3 cm³/mol. The molecule has 1 aromatic carbocycles. The van der Waals surface area contributed by atoms with Crippen LogP contribution in [0, 0.1) is 0 Å². The second-order valence-electron chi connectivity index (χ2n) is 3.93. The number of rotatable bonds is 5. The lowest BCUT2D eigenvalue weighted by Gasteiger charge is -2.04. The molecule has 0 spiro atoms. The molecule has 0 unspecified atom stereocenters. The second-order valence-corrected chi connectivity index (χ2v) is 5.63. The smallest absolute Gasteiger partial charge is 0.208 e. The van der Waals surface area contributed by atoms with Gasteiger partial charge in [0, 0.05) is 21.9 Å². The SMILES string of the molecule is CCc1cnc(CNCc2ccc(Br)c(Br)c2)o1. The number of benzene rings is 1. The van der Waals surface area contributed by atoms with Gasteiger partial charge in [-0.15, -0.1) is 0 Å². The molecule has 0 aliphatic carbocycles. The first-order valence-corrected chi connectivity index (χ1v) is 7.36. The van der Waals surface area contributed by atoms with Crippen molar-refractivity contribution >= 4 is 31.9 Å². The van der Waals surface area contributed by atoms with Crippen molar-refractivity contribution in [3.05, 3.63) is 50.6 Å². The summed E-state index contributed by atoms with van der Waals surface area (Å²) >= 11 is 6.94. The maximum Gasteiger partial charge on any atom is 0.208 e. The monoisotopic (exact) mass is 372 g/mol. The minimum Gasteiger partial charge on any atom is -0.444 e. The Labute approximate surface area is 123 Å². The number of aromatic nitrogens is 1. The van der Waals surface area contributed by atoms with Gasteiger partial charge in [0.2, 0.25) is 5.89 Å². The topological polar surface area (TPSA) is 38.1 Å². The van der Waals surface area contributed by atoms with Crippen LogP contribution in [0.2, 0.25) is 0 Å². The van der Waals surface area contributed by atoms with E-state index in [-0.39, 0.29) is 0 Å². The van der Waals surface area contributed by atoms with E-state index in [2.05, 4.69) is 61.2 Å². The average Bonchev–Trinajstić information content (AvgIpc) is 2.82. The van der Waals surface area contributed by atoms with Crippen LogP contribution >= 0.6 is 31.9 Å². The van der Waals surface area contributed by atoms with E-state index in [1.54, 1.807) is 6.20 Å². The molecule has 0 fully saturated rings. The molecule has 2 aromatic rings. The van der Waals surface area contributed by atoms with E-state index in [9.17, 15) is 0 Å². The number of aryl methyl sites for hydroxylation is 1. The fourth-order valence-corrected chi connectivity index (χ4v) is 2.23. The van der Waals surface area contributed by atoms with Crippen molar-refractivity contribution in [2.24, 2.45) is 0 Å². The highest BCUT2D eigenvalue weighted by Crippen LogP contribution is 2.23. The molecule has 2 rings (SSSR count). The largest absolute Gasteiger partial charge is 0.444 e. The molecule has 18 heavy (non-hydrogen) atoms. The Morgan fingerprint density at radius 3 is 2.72 bits per heavy atom. The molecule has 3 nitrogen and oxygen atoms in total. The summed E-state index contributed by atoms with van der Waals surface area (Å²) in [6.07, 6.45) is 2.67. The summed E-state index contributed by atoms with van der Waals surface area (Å²) in [5.41, 5.74) is 1.22. The minimum absolute atomic E-state index is 0.647. The third-order valence-electron chi connectivity index (χ3n) is 2.54. The molecule has 0 saturated carbocycles. The van der Waals surface area contributed by atoms with E-state index in [1.165, 1.54) is 5.56 Å². The van der Waals surface area contributed by atoms with E-state index < -0.39 is 0 Å². The Hall–Kier alpha value is -0.650. The van der Waals surface area contributed by atoms with E-state index >= 15 is 0 Å². The summed E-state index contributed by atoms with van der Waals surface area (Å²) in [5.74, 6) is 1.67. The lowest BCUT2D eigenvalue weighted by Crippen LogP contribution is -2.12. The van der Waals surface area contributed by atoms with Gasteiger partial charge in [-0.3, -0.25) is 0 Å². The third-order valence-corrected chi connectivity index (χ3v) is 4.42. The molecule has 1 aromatic heterocycles. The van der Waals surface area contributed by atoms with Gasteiger partial charge in [-0.2, -0.15) is 0 Å². The van der Waals surface area contributed by atoms with Gasteiger partial charge >= 0.3 is 0 Å². The van der Waals surface area contributed by atoms with Crippen molar-refractivity contribution in [1.29, 1.82) is 0 Å². The molecule has 0 saturated heterocycles. The first-order valence-electron chi connectivity index (χ1n) is 5.77. The number of oxazole rings is 1. The molecule has 0 amide bonds. The van der Waals surface area contributed by atoms with E-state index in [1.807, 2.05) is 6.07 Å². The molecule has 1 heterocycles. The number of halogens is 2. The fourth-order valence-electron chi connectivity index (χ4n) is 1.56. The van der Waals surface area contributed by atoms with E-state index in [4.69, 9.17) is 4.42 Å². The standard InChI is InChI=1S/C13H14Br2N2O/c1-2-10-7-17-13(18-10)8-16-6-9-3-4-11(14)12(15)5-9/h3-5,7,16H,2,6,8H2,1H3. The summed E-state index contributed by atoms with van der Waals surface area (Å²) in [5, 5.41) is 3.31. The maximum absolute atomic E-state index is 5.52. The Kier molecular flexibility index (Phi) is 4.97. The molecule has 1 N–H and O–H groups in total. The Morgan fingerprint density at radius 2 is 2.06 bits per heavy atom. The molecular formula is C13H14Br2N2O. The molecule has 0 aliphatic rings. The zero-order chi connectivity index (χ0) is 13.0. The van der Waals surface area contributed by atoms with Crippen LogP contribution in [-0.4, -0.2) is 4.98 Å². The van der Waals surface area contributed by atoms with Crippen LogP contribution in [-0.2, 0) is 19.5 Å². The van der Waals surface area contributed by atoms with Gasteiger partial charge in [-0.05, 0) is 49.6 Å². The molecular weight excluding hydrogens is 360 g/mol. The minimum atomic E-state index is 0.647. The van der Waals surface area contributed by atoms with Crippen molar-refractivity contribution in [2.75, 3.05) is 0 Å². The molecule has 5 heteroatoms. The highest BCUT2D eigenvalue weighted by molar-refractivity contribution is 9.13. The van der Waals surface area contributed by atoms with Gasteiger partial charge in [0.15, 0.2) is 0 Å². The first kappa shape index (κ1) is 13.8. The number of nitrogens with one attached hydrogen (secondary N) is 1. The summed E-state index contributed by atoms with van der Waals surface area (Å²) in [6, 6.07) is 6.19. The molecule has 0 radical (unpaired) electrons. The van der Waals surface area contributed by atoms with Gasteiger partial charge in [0.1, 0.15) is 5.76 Å².